The maximum Gasteiger partial charge on any atom is 0.336 e. The first-order valence-corrected chi connectivity index (χ1v) is 10.8. The van der Waals surface area contributed by atoms with E-state index >= 15 is 0 Å². The van der Waals surface area contributed by atoms with Crippen LogP contribution >= 0.6 is 11.3 Å². The molecule has 4 N–H and O–H groups in total. The van der Waals surface area contributed by atoms with Crippen LogP contribution in [0.5, 0.6) is 0 Å². The molecule has 12 heteroatoms. The number of hydrogen-bond acceptors (Lipinski definition) is 7. The molecule has 1 saturated heterocycles. The van der Waals surface area contributed by atoms with Crippen LogP contribution in [0.15, 0.2) is 52.1 Å². The molecule has 33 heavy (non-hydrogen) atoms. The van der Waals surface area contributed by atoms with Crippen molar-refractivity contribution in [2.24, 2.45) is 10.7 Å². The third kappa shape index (κ3) is 4.35. The van der Waals surface area contributed by atoms with E-state index in [9.17, 15) is 27.9 Å². The molecule has 3 heterocycles. The summed E-state index contributed by atoms with van der Waals surface area (Å²) in [5.41, 5.74) is 4.08. The normalized spacial score (nSPS) is 25.0. The highest BCUT2D eigenvalue weighted by molar-refractivity contribution is 7.11. The first-order chi connectivity index (χ1) is 15.5. The fraction of sp³-hybridized carbons (Fsp3) is 0.333. The van der Waals surface area contributed by atoms with Crippen LogP contribution < -0.4 is 11.1 Å². The van der Waals surface area contributed by atoms with Crippen LogP contribution in [-0.2, 0) is 15.1 Å². The largest absolute Gasteiger partial charge is 0.478 e. The number of aliphatic imine (C=N–C) groups is 1. The SMILES string of the molecule is C[C@@]1(c2ccc(F)cc2)N=C(c2nccs2)NC(CN2CC(F)(F)C[C@H]2C(N)=O)=C1C(=O)O. The summed E-state index contributed by atoms with van der Waals surface area (Å²) in [4.78, 5) is 34.2. The summed E-state index contributed by atoms with van der Waals surface area (Å²) >= 11 is 1.25. The Balaban J connectivity index is 1.84. The minimum atomic E-state index is -3.15. The van der Waals surface area contributed by atoms with Gasteiger partial charge in [0.25, 0.3) is 5.92 Å². The summed E-state index contributed by atoms with van der Waals surface area (Å²) in [6.45, 7) is 0.476. The maximum absolute atomic E-state index is 14.1. The number of aliphatic carboxylic acids is 1. The third-order valence-corrected chi connectivity index (χ3v) is 6.49. The zero-order valence-electron chi connectivity index (χ0n) is 17.4. The van der Waals surface area contributed by atoms with Gasteiger partial charge in [-0.2, -0.15) is 0 Å². The number of amides is 1. The molecule has 0 saturated carbocycles. The number of nitrogens with zero attached hydrogens (tertiary/aromatic N) is 3. The van der Waals surface area contributed by atoms with Gasteiger partial charge in [0.15, 0.2) is 10.8 Å². The number of nitrogens with one attached hydrogen (secondary N) is 1. The van der Waals surface area contributed by atoms with Gasteiger partial charge in [-0.3, -0.25) is 9.69 Å². The number of carboxylic acid groups (broad SMARTS) is 1. The third-order valence-electron chi connectivity index (χ3n) is 5.71. The Morgan fingerprint density at radius 1 is 1.33 bits per heavy atom. The van der Waals surface area contributed by atoms with Gasteiger partial charge >= 0.3 is 5.97 Å². The molecule has 2 atom stereocenters. The molecule has 174 valence electrons. The Bertz CT molecular complexity index is 1150. The number of primary amides is 1. The number of hydrogen-bond donors (Lipinski definition) is 3. The van der Waals surface area contributed by atoms with Crippen molar-refractivity contribution >= 4 is 29.0 Å². The van der Waals surface area contributed by atoms with E-state index < -0.39 is 48.2 Å². The molecule has 1 fully saturated rings. The molecule has 0 unspecified atom stereocenters. The lowest BCUT2D eigenvalue weighted by Crippen LogP contribution is -2.47. The average molecular weight is 479 g/mol. The molecule has 1 aromatic heterocycles. The van der Waals surface area contributed by atoms with Crippen molar-refractivity contribution in [2.75, 3.05) is 13.1 Å². The van der Waals surface area contributed by atoms with E-state index in [4.69, 9.17) is 5.73 Å². The van der Waals surface area contributed by atoms with E-state index in [-0.39, 0.29) is 23.7 Å². The number of amidine groups is 1. The molecule has 2 aliphatic rings. The van der Waals surface area contributed by atoms with E-state index in [2.05, 4.69) is 15.3 Å². The number of nitrogens with two attached hydrogens (primary N) is 1. The van der Waals surface area contributed by atoms with Crippen LogP contribution in [0.4, 0.5) is 13.2 Å². The number of rotatable bonds is 6. The predicted molar refractivity (Wildman–Crippen MR) is 114 cm³/mol. The van der Waals surface area contributed by atoms with Gasteiger partial charge in [-0.05, 0) is 24.6 Å². The summed E-state index contributed by atoms with van der Waals surface area (Å²) in [5, 5.41) is 15.2. The smallest absolute Gasteiger partial charge is 0.336 e. The second kappa shape index (κ2) is 8.27. The summed E-state index contributed by atoms with van der Waals surface area (Å²) in [7, 11) is 0. The topological polar surface area (TPSA) is 121 Å². The van der Waals surface area contributed by atoms with E-state index in [0.29, 0.717) is 10.6 Å². The number of likely N-dealkylation sites (tertiary alicyclic amines) is 1. The average Bonchev–Trinajstić information content (AvgIpc) is 3.35. The Morgan fingerprint density at radius 2 is 2.03 bits per heavy atom. The van der Waals surface area contributed by atoms with Crippen molar-refractivity contribution in [1.82, 2.24) is 15.2 Å². The first-order valence-electron chi connectivity index (χ1n) is 9.91. The minimum Gasteiger partial charge on any atom is -0.478 e. The van der Waals surface area contributed by atoms with Crippen LogP contribution in [0.2, 0.25) is 0 Å². The molecule has 1 amide bonds. The van der Waals surface area contributed by atoms with E-state index in [0.717, 1.165) is 4.90 Å². The van der Waals surface area contributed by atoms with Gasteiger partial charge in [-0.15, -0.1) is 11.3 Å². The number of carboxylic acids is 1. The Kier molecular flexibility index (Phi) is 5.74. The number of benzene rings is 1. The van der Waals surface area contributed by atoms with Gasteiger partial charge in [-0.1, -0.05) is 12.1 Å². The van der Waals surface area contributed by atoms with Crippen molar-refractivity contribution in [3.8, 4) is 0 Å². The van der Waals surface area contributed by atoms with Gasteiger partial charge in [0.2, 0.25) is 5.91 Å². The summed E-state index contributed by atoms with van der Waals surface area (Å²) < 4.78 is 41.8. The van der Waals surface area contributed by atoms with Crippen molar-refractivity contribution in [3.63, 3.8) is 0 Å². The fourth-order valence-corrected chi connectivity index (χ4v) is 4.80. The van der Waals surface area contributed by atoms with Crippen molar-refractivity contribution in [2.45, 2.75) is 30.8 Å². The summed E-state index contributed by atoms with van der Waals surface area (Å²) in [5.74, 6) is -5.68. The van der Waals surface area contributed by atoms with E-state index in [1.165, 1.54) is 35.6 Å². The van der Waals surface area contributed by atoms with Gasteiger partial charge in [0.1, 0.15) is 11.4 Å². The molecule has 1 aromatic carbocycles. The zero-order valence-corrected chi connectivity index (χ0v) is 18.2. The minimum absolute atomic E-state index is 0.0680. The van der Waals surface area contributed by atoms with Crippen LogP contribution in [0, 0.1) is 5.82 Å². The van der Waals surface area contributed by atoms with Crippen molar-refractivity contribution in [1.29, 1.82) is 0 Å². The zero-order chi connectivity index (χ0) is 24.0. The molecule has 2 aliphatic heterocycles. The number of thiazole rings is 1. The van der Waals surface area contributed by atoms with Crippen LogP contribution in [-0.4, -0.2) is 57.8 Å². The molecule has 0 aliphatic carbocycles. The first kappa shape index (κ1) is 22.9. The number of aromatic nitrogens is 1. The molecule has 0 radical (unpaired) electrons. The van der Waals surface area contributed by atoms with Crippen LogP contribution in [0.25, 0.3) is 0 Å². The number of carbonyl (C=O) groups excluding carboxylic acids is 1. The number of carbonyl (C=O) groups is 2. The lowest BCUT2D eigenvalue weighted by atomic mass is 9.82. The monoisotopic (exact) mass is 479 g/mol. The molecule has 0 bridgehead atoms. The van der Waals surface area contributed by atoms with Crippen LogP contribution in [0.3, 0.4) is 0 Å². The molecule has 0 spiro atoms. The van der Waals surface area contributed by atoms with Gasteiger partial charge in [0, 0.05) is 30.2 Å². The quantitative estimate of drug-likeness (QED) is 0.584. The highest BCUT2D eigenvalue weighted by Crippen LogP contribution is 2.40. The van der Waals surface area contributed by atoms with E-state index in [1.807, 2.05) is 0 Å². The maximum atomic E-state index is 14.1. The van der Waals surface area contributed by atoms with Crippen LogP contribution in [0.1, 0.15) is 23.9 Å². The number of alkyl halides is 2. The van der Waals surface area contributed by atoms with Crippen molar-refractivity contribution < 1.29 is 27.9 Å². The second-order valence-electron chi connectivity index (χ2n) is 8.04. The summed E-state index contributed by atoms with van der Waals surface area (Å²) in [6, 6.07) is 3.94. The standard InChI is InChI=1S/C21H20F3N5O3S/c1-20(11-2-4-12(22)5-3-11)15(19(31)32)13(27-17(28-20)18-26-6-7-33-18)9-29-10-21(23,24)8-14(29)16(25)30/h2-7,14H,8-10H2,1H3,(H2,25,30)(H,27,28)(H,31,32)/t14-,20-/m0/s1. The lowest BCUT2D eigenvalue weighted by Gasteiger charge is -2.35. The fourth-order valence-electron chi connectivity index (χ4n) is 4.22. The molecular formula is C21H20F3N5O3S. The molecule has 2 aromatic rings. The summed E-state index contributed by atoms with van der Waals surface area (Å²) in [6.07, 6.45) is 0.792. The molecular weight excluding hydrogens is 459 g/mol. The Labute approximate surface area is 190 Å². The Morgan fingerprint density at radius 3 is 2.61 bits per heavy atom. The highest BCUT2D eigenvalue weighted by atomic mass is 32.1. The second-order valence-corrected chi connectivity index (χ2v) is 8.94. The van der Waals surface area contributed by atoms with Crippen molar-refractivity contribution in [3.05, 3.63) is 63.5 Å². The van der Waals surface area contributed by atoms with Gasteiger partial charge < -0.3 is 16.2 Å². The predicted octanol–water partition coefficient (Wildman–Crippen LogP) is 2.08. The van der Waals surface area contributed by atoms with E-state index in [1.54, 1.807) is 18.5 Å². The van der Waals surface area contributed by atoms with Gasteiger partial charge in [0.05, 0.1) is 18.2 Å². The molecule has 8 nitrogen and oxygen atoms in total. The molecule has 4 rings (SSSR count). The Hall–Kier alpha value is -3.25. The number of halogens is 3. The highest BCUT2D eigenvalue weighted by Gasteiger charge is 2.49. The lowest BCUT2D eigenvalue weighted by molar-refractivity contribution is -0.133. The van der Waals surface area contributed by atoms with Gasteiger partial charge in [-0.25, -0.2) is 27.9 Å².